The van der Waals surface area contributed by atoms with Gasteiger partial charge in [-0.3, -0.25) is 9.89 Å². The third-order valence-corrected chi connectivity index (χ3v) is 4.58. The predicted octanol–water partition coefficient (Wildman–Crippen LogP) is 2.93. The molecule has 0 bridgehead atoms. The first-order valence-electron chi connectivity index (χ1n) is 7.73. The fourth-order valence-electron chi connectivity index (χ4n) is 2.59. The highest BCUT2D eigenvalue weighted by Gasteiger charge is 2.22. The Balaban J connectivity index is 1.85. The molecule has 0 aromatic carbocycles. The number of hydrogen-bond acceptors (Lipinski definition) is 4. The number of nitrogens with one attached hydrogen (secondary N) is 2. The maximum Gasteiger partial charge on any atom is 0.233 e. The molecule has 1 saturated carbocycles. The highest BCUT2D eigenvalue weighted by Crippen LogP contribution is 2.28. The second-order valence-corrected chi connectivity index (χ2v) is 8.23. The number of aromatic amines is 1. The van der Waals surface area contributed by atoms with Crippen molar-refractivity contribution in [1.82, 2.24) is 20.5 Å². The Hall–Kier alpha value is -1.04. The Labute approximate surface area is 131 Å². The number of rotatable bonds is 5. The van der Waals surface area contributed by atoms with Crippen molar-refractivity contribution in [3.05, 3.63) is 5.82 Å². The average Bonchev–Trinajstić information content (AvgIpc) is 2.99. The molecule has 1 aliphatic rings. The molecule has 1 heterocycles. The van der Waals surface area contributed by atoms with Gasteiger partial charge >= 0.3 is 0 Å². The van der Waals surface area contributed by atoms with Gasteiger partial charge in [-0.1, -0.05) is 37.4 Å². The van der Waals surface area contributed by atoms with Crippen LogP contribution in [0.1, 0.15) is 59.2 Å². The van der Waals surface area contributed by atoms with Crippen molar-refractivity contribution in [2.75, 3.05) is 0 Å². The lowest BCUT2D eigenvalue weighted by molar-refractivity contribution is -0.121. The van der Waals surface area contributed by atoms with E-state index < -0.39 is 0 Å². The van der Waals surface area contributed by atoms with Gasteiger partial charge in [0.1, 0.15) is 5.82 Å². The van der Waals surface area contributed by atoms with Gasteiger partial charge in [-0.2, -0.15) is 0 Å². The number of amides is 1. The van der Waals surface area contributed by atoms with Gasteiger partial charge in [0, 0.05) is 12.0 Å². The standard InChI is InChI=1S/C15H26N4OS/c1-10(13(20)17-15(2,3)4)21-14-16-12(18-19-14)9-11-7-5-6-8-11/h10-11H,5-9H2,1-4H3,(H,17,20)(H,16,18,19)/t10-/m1/s1. The highest BCUT2D eigenvalue weighted by molar-refractivity contribution is 8.00. The van der Waals surface area contributed by atoms with Crippen LogP contribution in [0.25, 0.3) is 0 Å². The number of nitrogens with zero attached hydrogens (tertiary/aromatic N) is 2. The second kappa shape index (κ2) is 6.81. The number of aromatic nitrogens is 3. The van der Waals surface area contributed by atoms with Gasteiger partial charge in [0.05, 0.1) is 5.25 Å². The number of thioether (sulfide) groups is 1. The van der Waals surface area contributed by atoms with Crippen LogP contribution < -0.4 is 5.32 Å². The lowest BCUT2D eigenvalue weighted by atomic mass is 10.0. The van der Waals surface area contributed by atoms with Crippen LogP contribution in [0.4, 0.5) is 0 Å². The molecule has 1 aromatic rings. The molecule has 0 unspecified atom stereocenters. The summed E-state index contributed by atoms with van der Waals surface area (Å²) in [5.74, 6) is 1.72. The summed E-state index contributed by atoms with van der Waals surface area (Å²) in [5, 5.41) is 10.7. The molecule has 2 rings (SSSR count). The summed E-state index contributed by atoms with van der Waals surface area (Å²) < 4.78 is 0. The lowest BCUT2D eigenvalue weighted by Gasteiger charge is -2.22. The maximum absolute atomic E-state index is 12.1. The third-order valence-electron chi connectivity index (χ3n) is 3.62. The van der Waals surface area contributed by atoms with Crippen molar-refractivity contribution in [3.8, 4) is 0 Å². The first-order valence-corrected chi connectivity index (χ1v) is 8.61. The van der Waals surface area contributed by atoms with Crippen molar-refractivity contribution in [1.29, 1.82) is 0 Å². The molecular weight excluding hydrogens is 284 g/mol. The predicted molar refractivity (Wildman–Crippen MR) is 85.3 cm³/mol. The van der Waals surface area contributed by atoms with Gasteiger partial charge in [0.15, 0.2) is 0 Å². The van der Waals surface area contributed by atoms with E-state index in [4.69, 9.17) is 0 Å². The second-order valence-electron chi connectivity index (χ2n) is 6.92. The van der Waals surface area contributed by atoms with Gasteiger partial charge < -0.3 is 5.32 Å². The van der Waals surface area contributed by atoms with Crippen LogP contribution in [-0.2, 0) is 11.2 Å². The summed E-state index contributed by atoms with van der Waals surface area (Å²) in [7, 11) is 0. The molecule has 1 aromatic heterocycles. The minimum atomic E-state index is -0.210. The minimum absolute atomic E-state index is 0.0228. The zero-order valence-electron chi connectivity index (χ0n) is 13.4. The molecule has 1 atom stereocenters. The Bertz CT molecular complexity index is 474. The van der Waals surface area contributed by atoms with E-state index in [1.165, 1.54) is 37.4 Å². The van der Waals surface area contributed by atoms with E-state index in [-0.39, 0.29) is 16.7 Å². The summed E-state index contributed by atoms with van der Waals surface area (Å²) >= 11 is 1.41. The van der Waals surface area contributed by atoms with Crippen LogP contribution in [0, 0.1) is 5.92 Å². The van der Waals surface area contributed by atoms with Gasteiger partial charge in [-0.25, -0.2) is 4.98 Å². The Morgan fingerprint density at radius 1 is 1.43 bits per heavy atom. The number of carbonyl (C=O) groups excluding carboxylic acids is 1. The van der Waals surface area contributed by atoms with Crippen molar-refractivity contribution < 1.29 is 4.79 Å². The molecule has 118 valence electrons. The summed E-state index contributed by atoms with van der Waals surface area (Å²) in [6, 6.07) is 0. The fraction of sp³-hybridized carbons (Fsp3) is 0.800. The molecule has 6 heteroatoms. The summed E-state index contributed by atoms with van der Waals surface area (Å²) in [6.45, 7) is 7.83. The van der Waals surface area contributed by atoms with Crippen LogP contribution in [0.5, 0.6) is 0 Å². The van der Waals surface area contributed by atoms with Gasteiger partial charge in [-0.15, -0.1) is 5.10 Å². The van der Waals surface area contributed by atoms with Crippen LogP contribution in [0.2, 0.25) is 0 Å². The smallest absolute Gasteiger partial charge is 0.233 e. The molecule has 0 saturated heterocycles. The number of H-pyrrole nitrogens is 1. The van der Waals surface area contributed by atoms with Crippen molar-refractivity contribution in [2.24, 2.45) is 5.92 Å². The summed E-state index contributed by atoms with van der Waals surface area (Å²) in [6.07, 6.45) is 6.26. The lowest BCUT2D eigenvalue weighted by Crippen LogP contribution is -2.44. The van der Waals surface area contributed by atoms with Crippen LogP contribution in [0.3, 0.4) is 0 Å². The Morgan fingerprint density at radius 3 is 2.71 bits per heavy atom. The minimum Gasteiger partial charge on any atom is -0.351 e. The SMILES string of the molecule is C[C@@H](Sc1n[nH]c(CC2CCCC2)n1)C(=O)NC(C)(C)C. The van der Waals surface area contributed by atoms with E-state index in [1.807, 2.05) is 27.7 Å². The van der Waals surface area contributed by atoms with Crippen molar-refractivity contribution in [3.63, 3.8) is 0 Å². The van der Waals surface area contributed by atoms with Gasteiger partial charge in [-0.05, 0) is 33.6 Å². The van der Waals surface area contributed by atoms with E-state index in [0.717, 1.165) is 18.2 Å². The van der Waals surface area contributed by atoms with Crippen molar-refractivity contribution >= 4 is 17.7 Å². The van der Waals surface area contributed by atoms with E-state index in [9.17, 15) is 4.79 Å². The average molecular weight is 310 g/mol. The quantitative estimate of drug-likeness (QED) is 0.820. The number of carbonyl (C=O) groups is 1. The Morgan fingerprint density at radius 2 is 2.10 bits per heavy atom. The van der Waals surface area contributed by atoms with E-state index >= 15 is 0 Å². The molecule has 1 aliphatic carbocycles. The summed E-state index contributed by atoms with van der Waals surface area (Å²) in [4.78, 5) is 16.6. The van der Waals surface area contributed by atoms with Crippen molar-refractivity contribution in [2.45, 2.75) is 75.7 Å². The monoisotopic (exact) mass is 310 g/mol. The molecule has 0 radical (unpaired) electrons. The van der Waals surface area contributed by atoms with Gasteiger partial charge in [0.25, 0.3) is 0 Å². The number of hydrogen-bond donors (Lipinski definition) is 2. The van der Waals surface area contributed by atoms with E-state index in [0.29, 0.717) is 5.16 Å². The molecular formula is C15H26N4OS. The van der Waals surface area contributed by atoms with Crippen LogP contribution in [0.15, 0.2) is 5.16 Å². The topological polar surface area (TPSA) is 70.7 Å². The Kier molecular flexibility index (Phi) is 5.30. The van der Waals surface area contributed by atoms with Crippen LogP contribution in [-0.4, -0.2) is 31.9 Å². The van der Waals surface area contributed by atoms with E-state index in [1.54, 1.807) is 0 Å². The summed E-state index contributed by atoms with van der Waals surface area (Å²) in [5.41, 5.74) is -0.210. The first-order chi connectivity index (χ1) is 9.83. The molecule has 5 nitrogen and oxygen atoms in total. The zero-order valence-corrected chi connectivity index (χ0v) is 14.2. The fourth-order valence-corrected chi connectivity index (χ4v) is 3.34. The zero-order chi connectivity index (χ0) is 15.5. The molecule has 1 amide bonds. The maximum atomic E-state index is 12.1. The molecule has 1 fully saturated rings. The third kappa shape index (κ3) is 5.34. The van der Waals surface area contributed by atoms with Crippen LogP contribution >= 0.6 is 11.8 Å². The largest absolute Gasteiger partial charge is 0.351 e. The molecule has 21 heavy (non-hydrogen) atoms. The van der Waals surface area contributed by atoms with E-state index in [2.05, 4.69) is 20.5 Å². The van der Waals surface area contributed by atoms with Gasteiger partial charge in [0.2, 0.25) is 11.1 Å². The normalized spacial score (nSPS) is 17.9. The molecule has 0 aliphatic heterocycles. The molecule has 2 N–H and O–H groups in total. The molecule has 0 spiro atoms. The first kappa shape index (κ1) is 16.3. The highest BCUT2D eigenvalue weighted by atomic mass is 32.2.